The van der Waals surface area contributed by atoms with E-state index in [4.69, 9.17) is 12.2 Å². The maximum absolute atomic E-state index is 5.17. The predicted octanol–water partition coefficient (Wildman–Crippen LogP) is 3.61. The van der Waals surface area contributed by atoms with Gasteiger partial charge in [0.15, 0.2) is 0 Å². The molecular weight excluding hydrogens is 228 g/mol. The molecule has 1 atom stereocenters. The molecular formula is C14H14N2S. The Morgan fingerprint density at radius 2 is 2.12 bits per heavy atom. The van der Waals surface area contributed by atoms with Gasteiger partial charge in [0.25, 0.3) is 0 Å². The molecule has 1 aliphatic rings. The van der Waals surface area contributed by atoms with Gasteiger partial charge in [-0.1, -0.05) is 36.5 Å². The number of nitrogens with one attached hydrogen (secondary N) is 1. The number of aryl methyl sites for hydroxylation is 1. The Morgan fingerprint density at radius 1 is 1.24 bits per heavy atom. The summed E-state index contributed by atoms with van der Waals surface area (Å²) in [5.41, 5.74) is 2.86. The first-order valence-electron chi connectivity index (χ1n) is 5.97. The summed E-state index contributed by atoms with van der Waals surface area (Å²) in [5, 5.41) is 0. The van der Waals surface area contributed by atoms with E-state index in [0.29, 0.717) is 5.92 Å². The van der Waals surface area contributed by atoms with E-state index < -0.39 is 0 Å². The van der Waals surface area contributed by atoms with Crippen molar-refractivity contribution in [3.63, 3.8) is 0 Å². The largest absolute Gasteiger partial charge is 0.334 e. The van der Waals surface area contributed by atoms with Gasteiger partial charge < -0.3 is 4.98 Å². The van der Waals surface area contributed by atoms with Crippen LogP contribution in [0.4, 0.5) is 0 Å². The van der Waals surface area contributed by atoms with Crippen molar-refractivity contribution in [1.82, 2.24) is 9.97 Å². The highest BCUT2D eigenvalue weighted by atomic mass is 32.1. The summed E-state index contributed by atoms with van der Waals surface area (Å²) >= 11 is 5.17. The smallest absolute Gasteiger partial charge is 0.114 e. The third-order valence-electron chi connectivity index (χ3n) is 3.39. The second-order valence-corrected chi connectivity index (χ2v) is 4.90. The van der Waals surface area contributed by atoms with E-state index >= 15 is 0 Å². The molecule has 86 valence electrons. The lowest BCUT2D eigenvalue weighted by Crippen LogP contribution is -2.13. The Hall–Kier alpha value is -1.48. The number of hydrogen-bond acceptors (Lipinski definition) is 2. The van der Waals surface area contributed by atoms with Gasteiger partial charge in [0.2, 0.25) is 0 Å². The van der Waals surface area contributed by atoms with Crippen LogP contribution in [-0.4, -0.2) is 9.97 Å². The molecule has 3 rings (SSSR count). The summed E-state index contributed by atoms with van der Waals surface area (Å²) in [6, 6.07) is 10.5. The highest BCUT2D eigenvalue weighted by Crippen LogP contribution is 2.34. The minimum Gasteiger partial charge on any atom is -0.334 e. The summed E-state index contributed by atoms with van der Waals surface area (Å²) < 4.78 is 0.762. The van der Waals surface area contributed by atoms with Gasteiger partial charge in [-0.25, -0.2) is 4.98 Å². The second kappa shape index (κ2) is 4.41. The first kappa shape index (κ1) is 10.7. The molecule has 1 aliphatic carbocycles. The van der Waals surface area contributed by atoms with Crippen molar-refractivity contribution in [3.05, 3.63) is 58.1 Å². The van der Waals surface area contributed by atoms with Crippen molar-refractivity contribution in [2.45, 2.75) is 25.2 Å². The highest BCUT2D eigenvalue weighted by molar-refractivity contribution is 7.71. The monoisotopic (exact) mass is 242 g/mol. The Balaban J connectivity index is 2.09. The molecule has 0 spiro atoms. The number of aromatic nitrogens is 2. The predicted molar refractivity (Wildman–Crippen MR) is 70.6 cm³/mol. The average Bonchev–Trinajstić information content (AvgIpc) is 2.38. The van der Waals surface area contributed by atoms with Crippen LogP contribution in [0.1, 0.15) is 35.7 Å². The fourth-order valence-electron chi connectivity index (χ4n) is 2.60. The molecule has 3 heteroatoms. The molecule has 0 fully saturated rings. The Labute approximate surface area is 106 Å². The normalized spacial score (nSPS) is 18.7. The van der Waals surface area contributed by atoms with Gasteiger partial charge in [-0.2, -0.15) is 0 Å². The number of hydrogen-bond donors (Lipinski definition) is 1. The van der Waals surface area contributed by atoms with Crippen molar-refractivity contribution < 1.29 is 0 Å². The maximum atomic E-state index is 5.17. The highest BCUT2D eigenvalue weighted by Gasteiger charge is 2.22. The lowest BCUT2D eigenvalue weighted by atomic mass is 9.82. The third kappa shape index (κ3) is 2.03. The van der Waals surface area contributed by atoms with Gasteiger partial charge in [0, 0.05) is 12.1 Å². The first-order chi connectivity index (χ1) is 8.34. The molecule has 2 nitrogen and oxygen atoms in total. The summed E-state index contributed by atoms with van der Waals surface area (Å²) in [4.78, 5) is 7.66. The molecule has 0 saturated heterocycles. The number of benzene rings is 1. The molecule has 1 aromatic carbocycles. The average molecular weight is 242 g/mol. The van der Waals surface area contributed by atoms with E-state index in [-0.39, 0.29) is 0 Å². The molecule has 1 unspecified atom stereocenters. The van der Waals surface area contributed by atoms with Crippen molar-refractivity contribution in [3.8, 4) is 0 Å². The van der Waals surface area contributed by atoms with Crippen molar-refractivity contribution in [1.29, 1.82) is 0 Å². The number of fused-ring (bicyclic) bond motifs is 1. The van der Waals surface area contributed by atoms with Crippen molar-refractivity contribution in [2.24, 2.45) is 0 Å². The molecule has 0 aliphatic heterocycles. The zero-order valence-corrected chi connectivity index (χ0v) is 10.3. The van der Waals surface area contributed by atoms with Gasteiger partial charge >= 0.3 is 0 Å². The molecule has 0 bridgehead atoms. The maximum Gasteiger partial charge on any atom is 0.114 e. The second-order valence-electron chi connectivity index (χ2n) is 4.46. The third-order valence-corrected chi connectivity index (χ3v) is 3.63. The number of rotatable bonds is 1. The van der Waals surface area contributed by atoms with Gasteiger partial charge in [0.1, 0.15) is 10.5 Å². The Kier molecular flexibility index (Phi) is 2.77. The van der Waals surface area contributed by atoms with E-state index in [0.717, 1.165) is 16.9 Å². The number of nitrogens with zero attached hydrogens (tertiary/aromatic N) is 1. The summed E-state index contributed by atoms with van der Waals surface area (Å²) in [6.45, 7) is 0. The Morgan fingerprint density at radius 3 is 3.00 bits per heavy atom. The molecule has 0 amide bonds. The van der Waals surface area contributed by atoms with Crippen LogP contribution in [0, 0.1) is 4.64 Å². The van der Waals surface area contributed by atoms with Crippen LogP contribution < -0.4 is 0 Å². The van der Waals surface area contributed by atoms with Gasteiger partial charge in [-0.05, 0) is 36.5 Å². The van der Waals surface area contributed by atoms with Crippen LogP contribution in [0.15, 0.2) is 36.5 Å². The van der Waals surface area contributed by atoms with E-state index in [9.17, 15) is 0 Å². The minimum atomic E-state index is 0.378. The van der Waals surface area contributed by atoms with Gasteiger partial charge in [-0.3, -0.25) is 0 Å². The first-order valence-corrected chi connectivity index (χ1v) is 6.38. The zero-order valence-electron chi connectivity index (χ0n) is 9.52. The lowest BCUT2D eigenvalue weighted by molar-refractivity contribution is 0.589. The number of H-pyrrole nitrogens is 1. The quantitative estimate of drug-likeness (QED) is 0.774. The van der Waals surface area contributed by atoms with Crippen LogP contribution >= 0.6 is 12.2 Å². The minimum absolute atomic E-state index is 0.378. The molecule has 1 heterocycles. The molecule has 1 N–H and O–H groups in total. The van der Waals surface area contributed by atoms with E-state index in [1.54, 1.807) is 6.20 Å². The van der Waals surface area contributed by atoms with Crippen molar-refractivity contribution in [2.75, 3.05) is 0 Å². The van der Waals surface area contributed by atoms with E-state index in [1.165, 1.54) is 24.0 Å². The van der Waals surface area contributed by atoms with Gasteiger partial charge in [-0.15, -0.1) is 0 Å². The van der Waals surface area contributed by atoms with Gasteiger partial charge in [0.05, 0.1) is 0 Å². The Bertz CT molecular complexity index is 589. The van der Waals surface area contributed by atoms with Crippen LogP contribution in [0.5, 0.6) is 0 Å². The zero-order chi connectivity index (χ0) is 11.7. The summed E-state index contributed by atoms with van der Waals surface area (Å²) in [7, 11) is 0. The molecule has 2 aromatic rings. The van der Waals surface area contributed by atoms with Crippen LogP contribution in [0.3, 0.4) is 0 Å². The van der Waals surface area contributed by atoms with Crippen LogP contribution in [0.2, 0.25) is 0 Å². The van der Waals surface area contributed by atoms with Crippen molar-refractivity contribution >= 4 is 12.2 Å². The summed E-state index contributed by atoms with van der Waals surface area (Å²) in [6.07, 6.45) is 5.35. The molecule has 0 radical (unpaired) electrons. The molecule has 0 saturated carbocycles. The van der Waals surface area contributed by atoms with E-state index in [1.807, 2.05) is 6.07 Å². The lowest BCUT2D eigenvalue weighted by Gasteiger charge is -2.24. The standard InChI is InChI=1S/C14H14N2S/c17-13-8-9-15-14(16-13)12-7-3-5-10-4-1-2-6-11(10)12/h1-2,4,6,8-9,12H,3,5,7H2,(H,15,16,17). The van der Waals surface area contributed by atoms with Crippen LogP contribution in [0.25, 0.3) is 0 Å². The number of aromatic amines is 1. The van der Waals surface area contributed by atoms with Crippen LogP contribution in [-0.2, 0) is 6.42 Å². The fraction of sp³-hybridized carbons (Fsp3) is 0.286. The molecule has 1 aromatic heterocycles. The molecule has 17 heavy (non-hydrogen) atoms. The summed E-state index contributed by atoms with van der Waals surface area (Å²) in [5.74, 6) is 1.38. The fourth-order valence-corrected chi connectivity index (χ4v) is 2.77. The topological polar surface area (TPSA) is 28.7 Å². The van der Waals surface area contributed by atoms with E-state index in [2.05, 4.69) is 34.2 Å². The SMILES string of the molecule is S=c1ccnc(C2CCCc3ccccc32)[nH]1.